The van der Waals surface area contributed by atoms with Gasteiger partial charge in [-0.15, -0.1) is 0 Å². The summed E-state index contributed by atoms with van der Waals surface area (Å²) in [6.45, 7) is 1.64. The van der Waals surface area contributed by atoms with Crippen molar-refractivity contribution in [2.24, 2.45) is 17.8 Å². The van der Waals surface area contributed by atoms with Gasteiger partial charge >= 0.3 is 5.97 Å². The summed E-state index contributed by atoms with van der Waals surface area (Å²) >= 11 is 0. The summed E-state index contributed by atoms with van der Waals surface area (Å²) in [4.78, 5) is 51.7. The molecule has 3 aromatic carbocycles. The number of carbonyl (C=O) groups is 4. The summed E-state index contributed by atoms with van der Waals surface area (Å²) in [6, 6.07) is 22.3. The molecule has 1 saturated heterocycles. The van der Waals surface area contributed by atoms with Crippen LogP contribution in [0.4, 0.5) is 11.4 Å². The number of benzene rings is 3. The van der Waals surface area contributed by atoms with Crippen LogP contribution >= 0.6 is 0 Å². The van der Waals surface area contributed by atoms with Gasteiger partial charge in [-0.25, -0.2) is 4.79 Å². The van der Waals surface area contributed by atoms with Gasteiger partial charge in [-0.1, -0.05) is 25.1 Å². The lowest BCUT2D eigenvalue weighted by molar-refractivity contribution is -0.122. The average molecular weight is 513 g/mol. The molecular weight excluding hydrogens is 484 g/mol. The van der Waals surface area contributed by atoms with E-state index in [0.717, 1.165) is 19.3 Å². The first-order chi connectivity index (χ1) is 18.4. The van der Waals surface area contributed by atoms with Gasteiger partial charge in [0.05, 0.1) is 23.1 Å². The molecule has 0 spiro atoms. The lowest BCUT2D eigenvalue weighted by atomic mass is 9.76. The SMILES string of the molecule is C[C@@H]1CC[C@H]2C(=O)N(c3ccc(C(=O)OCC(=O)Nc4ccc(Oc5ccccc5)cc4)cc3)C(=O)[C@H]2C1. The van der Waals surface area contributed by atoms with Gasteiger partial charge in [0.15, 0.2) is 6.61 Å². The van der Waals surface area contributed by atoms with Crippen LogP contribution in [0.1, 0.15) is 36.5 Å². The Balaban J connectivity index is 1.12. The van der Waals surface area contributed by atoms with Crippen molar-refractivity contribution in [3.05, 3.63) is 84.4 Å². The molecule has 3 aromatic rings. The van der Waals surface area contributed by atoms with Gasteiger partial charge < -0.3 is 14.8 Å². The molecule has 2 aliphatic rings. The van der Waals surface area contributed by atoms with Gasteiger partial charge in [0.2, 0.25) is 11.8 Å². The summed E-state index contributed by atoms with van der Waals surface area (Å²) in [7, 11) is 0. The van der Waals surface area contributed by atoms with E-state index in [1.807, 2.05) is 30.3 Å². The summed E-state index contributed by atoms with van der Waals surface area (Å²) in [5.41, 5.74) is 1.19. The monoisotopic (exact) mass is 512 g/mol. The molecule has 2 fully saturated rings. The lowest BCUT2D eigenvalue weighted by Crippen LogP contribution is -2.30. The Morgan fingerprint density at radius 1 is 0.842 bits per heavy atom. The second kappa shape index (κ2) is 10.9. The van der Waals surface area contributed by atoms with Gasteiger partial charge in [-0.3, -0.25) is 19.3 Å². The van der Waals surface area contributed by atoms with E-state index in [1.165, 1.54) is 17.0 Å². The fourth-order valence-electron chi connectivity index (χ4n) is 5.03. The summed E-state index contributed by atoms with van der Waals surface area (Å²) < 4.78 is 10.9. The maximum atomic E-state index is 12.9. The molecule has 1 aliphatic heterocycles. The van der Waals surface area contributed by atoms with Crippen molar-refractivity contribution in [1.82, 2.24) is 0 Å². The number of imide groups is 1. The molecule has 194 valence electrons. The molecule has 8 nitrogen and oxygen atoms in total. The molecule has 1 saturated carbocycles. The van der Waals surface area contributed by atoms with Crippen molar-refractivity contribution in [2.45, 2.75) is 26.2 Å². The van der Waals surface area contributed by atoms with Gasteiger partial charge in [-0.05, 0) is 85.8 Å². The van der Waals surface area contributed by atoms with Crippen molar-refractivity contribution < 1.29 is 28.7 Å². The molecule has 0 aromatic heterocycles. The number of para-hydroxylation sites is 1. The first-order valence-corrected chi connectivity index (χ1v) is 12.7. The van der Waals surface area contributed by atoms with Crippen molar-refractivity contribution in [1.29, 1.82) is 0 Å². The highest BCUT2D eigenvalue weighted by molar-refractivity contribution is 6.22. The van der Waals surface area contributed by atoms with Gasteiger partial charge in [-0.2, -0.15) is 0 Å². The molecule has 8 heteroatoms. The van der Waals surface area contributed by atoms with E-state index in [0.29, 0.717) is 28.8 Å². The predicted molar refractivity (Wildman–Crippen MR) is 141 cm³/mol. The van der Waals surface area contributed by atoms with Gasteiger partial charge in [0.25, 0.3) is 5.91 Å². The van der Waals surface area contributed by atoms with Crippen LogP contribution in [0.5, 0.6) is 11.5 Å². The minimum atomic E-state index is -0.681. The predicted octanol–water partition coefficient (Wildman–Crippen LogP) is 5.20. The number of nitrogens with zero attached hydrogens (tertiary/aromatic N) is 1. The molecule has 38 heavy (non-hydrogen) atoms. The number of esters is 1. The van der Waals surface area contributed by atoms with Crippen molar-refractivity contribution in [2.75, 3.05) is 16.8 Å². The molecule has 3 amide bonds. The summed E-state index contributed by atoms with van der Waals surface area (Å²) in [6.07, 6.45) is 2.40. The standard InChI is InChI=1S/C30H28N2O6/c1-19-7-16-25-26(17-19)29(35)32(28(25)34)22-12-8-20(9-13-22)30(36)37-18-27(33)31-21-10-14-24(15-11-21)38-23-5-3-2-4-6-23/h2-6,8-15,19,25-26H,7,16-18H2,1H3,(H,31,33)/t19-,25-,26+/m1/s1. The normalized spacial score (nSPS) is 20.6. The lowest BCUT2D eigenvalue weighted by Gasteiger charge is -2.25. The Morgan fingerprint density at radius 2 is 1.50 bits per heavy atom. The van der Waals surface area contributed by atoms with Crippen LogP contribution in [0.3, 0.4) is 0 Å². The van der Waals surface area contributed by atoms with E-state index in [1.54, 1.807) is 36.4 Å². The topological polar surface area (TPSA) is 102 Å². The summed E-state index contributed by atoms with van der Waals surface area (Å²) in [5.74, 6) is -0.273. The molecular formula is C30H28N2O6. The number of hydrogen-bond acceptors (Lipinski definition) is 6. The Bertz CT molecular complexity index is 1340. The third-order valence-electron chi connectivity index (χ3n) is 7.00. The van der Waals surface area contributed by atoms with Crippen molar-refractivity contribution in [3.63, 3.8) is 0 Å². The van der Waals surface area contributed by atoms with E-state index in [4.69, 9.17) is 9.47 Å². The Kier molecular flexibility index (Phi) is 7.22. The highest BCUT2D eigenvalue weighted by Gasteiger charge is 2.49. The Labute approximate surface area is 220 Å². The van der Waals surface area contributed by atoms with E-state index in [2.05, 4.69) is 12.2 Å². The molecule has 0 radical (unpaired) electrons. The first-order valence-electron chi connectivity index (χ1n) is 12.7. The number of hydrogen-bond donors (Lipinski definition) is 1. The largest absolute Gasteiger partial charge is 0.457 e. The second-order valence-electron chi connectivity index (χ2n) is 9.75. The van der Waals surface area contributed by atoms with Crippen molar-refractivity contribution >= 4 is 35.1 Å². The Morgan fingerprint density at radius 3 is 2.21 bits per heavy atom. The molecule has 1 heterocycles. The van der Waals surface area contributed by atoms with E-state index in [-0.39, 0.29) is 29.2 Å². The van der Waals surface area contributed by atoms with Crippen LogP contribution in [0, 0.1) is 17.8 Å². The van der Waals surface area contributed by atoms with Crippen LogP contribution in [0.25, 0.3) is 0 Å². The fourth-order valence-corrected chi connectivity index (χ4v) is 5.03. The van der Waals surface area contributed by atoms with Crippen LogP contribution in [-0.2, 0) is 19.1 Å². The summed E-state index contributed by atoms with van der Waals surface area (Å²) in [5, 5.41) is 2.67. The quantitative estimate of drug-likeness (QED) is 0.345. The second-order valence-corrected chi connectivity index (χ2v) is 9.75. The van der Waals surface area contributed by atoms with Crippen LogP contribution in [-0.4, -0.2) is 30.3 Å². The van der Waals surface area contributed by atoms with Crippen LogP contribution in [0.2, 0.25) is 0 Å². The number of carbonyl (C=O) groups excluding carboxylic acids is 4. The zero-order valence-electron chi connectivity index (χ0n) is 21.0. The molecule has 1 aliphatic carbocycles. The number of nitrogens with one attached hydrogen (secondary N) is 1. The number of ether oxygens (including phenoxy) is 2. The molecule has 0 bridgehead atoms. The Hall–Kier alpha value is -4.46. The molecule has 0 unspecified atom stereocenters. The minimum Gasteiger partial charge on any atom is -0.457 e. The average Bonchev–Trinajstić information content (AvgIpc) is 3.17. The zero-order valence-corrected chi connectivity index (χ0v) is 21.0. The van der Waals surface area contributed by atoms with E-state index in [9.17, 15) is 19.2 Å². The number of amides is 3. The van der Waals surface area contributed by atoms with E-state index >= 15 is 0 Å². The van der Waals surface area contributed by atoms with Gasteiger partial charge in [0, 0.05) is 5.69 Å². The zero-order chi connectivity index (χ0) is 26.6. The molecule has 1 N–H and O–H groups in total. The first kappa shape index (κ1) is 25.2. The number of fused-ring (bicyclic) bond motifs is 1. The van der Waals surface area contributed by atoms with E-state index < -0.39 is 18.5 Å². The smallest absolute Gasteiger partial charge is 0.338 e. The highest BCUT2D eigenvalue weighted by Crippen LogP contribution is 2.42. The number of anilines is 2. The van der Waals surface area contributed by atoms with Crippen LogP contribution in [0.15, 0.2) is 78.9 Å². The number of rotatable bonds is 7. The highest BCUT2D eigenvalue weighted by atomic mass is 16.5. The third kappa shape index (κ3) is 5.44. The van der Waals surface area contributed by atoms with Crippen LogP contribution < -0.4 is 15.0 Å². The fraction of sp³-hybridized carbons (Fsp3) is 0.267. The maximum absolute atomic E-state index is 12.9. The van der Waals surface area contributed by atoms with Gasteiger partial charge in [0.1, 0.15) is 11.5 Å². The third-order valence-corrected chi connectivity index (χ3v) is 7.00. The maximum Gasteiger partial charge on any atom is 0.338 e. The molecule has 5 rings (SSSR count). The molecule has 3 atom stereocenters. The minimum absolute atomic E-state index is 0.168. The van der Waals surface area contributed by atoms with Crippen molar-refractivity contribution in [3.8, 4) is 11.5 Å².